The van der Waals surface area contributed by atoms with Crippen LogP contribution in [0.4, 0.5) is 0 Å². The number of hydrogen-bond donors (Lipinski definition) is 0. The molecule has 6 nitrogen and oxygen atoms in total. The normalized spacial score (nSPS) is 14.7. The molecule has 0 N–H and O–H groups in total. The summed E-state index contributed by atoms with van der Waals surface area (Å²) in [5.41, 5.74) is 14.2. The molecule has 0 heterocycles. The van der Waals surface area contributed by atoms with Gasteiger partial charge < -0.3 is 22.6 Å². The van der Waals surface area contributed by atoms with Crippen molar-refractivity contribution in [2.24, 2.45) is 9.98 Å². The van der Waals surface area contributed by atoms with Crippen molar-refractivity contribution in [2.45, 2.75) is 37.8 Å². The number of aliphatic imine (C=N–C) groups is 2. The molecule has 0 aromatic heterocycles. The second-order valence-corrected chi connectivity index (χ2v) is 16.9. The first kappa shape index (κ1) is 47.3. The minimum Gasteiger partial charge on any atom is -1.00 e. The molecule has 68 heavy (non-hydrogen) atoms. The van der Waals surface area contributed by atoms with E-state index in [1.54, 1.807) is 12.4 Å². The van der Waals surface area contributed by atoms with Gasteiger partial charge in [0.1, 0.15) is 0 Å². The molecule has 0 spiro atoms. The van der Waals surface area contributed by atoms with E-state index < -0.39 is 0 Å². The summed E-state index contributed by atoms with van der Waals surface area (Å²) in [6, 6.07) is 65.8. The Hall–Kier alpha value is -7.24. The van der Waals surface area contributed by atoms with Gasteiger partial charge in [0.15, 0.2) is 0 Å². The molecule has 11 rings (SSSR count). The Labute approximate surface area is 414 Å². The zero-order valence-corrected chi connectivity index (χ0v) is 39.4. The summed E-state index contributed by atoms with van der Waals surface area (Å²) in [6.07, 6.45) is 7.32. The van der Waals surface area contributed by atoms with Crippen LogP contribution in [0.15, 0.2) is 204 Å². The maximum absolute atomic E-state index is 15.0. The molecule has 0 saturated heterocycles. The van der Waals surface area contributed by atoms with Crippen LogP contribution in [0.1, 0.15) is 36.8 Å². The molecular weight excluding hydrogens is 947 g/mol. The predicted molar refractivity (Wildman–Crippen MR) is 267 cm³/mol. The van der Waals surface area contributed by atoms with Gasteiger partial charge in [0.2, 0.25) is 0 Å². The summed E-state index contributed by atoms with van der Waals surface area (Å²) in [5, 5.41) is 38.1. The summed E-state index contributed by atoms with van der Waals surface area (Å²) in [6.45, 7) is 0. The topological polar surface area (TPSA) is 115 Å². The van der Waals surface area contributed by atoms with Crippen molar-refractivity contribution in [1.29, 1.82) is 5.46 Å². The first-order valence-electron chi connectivity index (χ1n) is 22.5. The van der Waals surface area contributed by atoms with Crippen molar-refractivity contribution >= 4 is 55.5 Å². The fraction of sp³-hybridized carbons (Fsp3) is 0.100. The van der Waals surface area contributed by atoms with Crippen molar-refractivity contribution < 1.29 is 46.9 Å². The van der Waals surface area contributed by atoms with Crippen LogP contribution >= 0.6 is 0 Å². The van der Waals surface area contributed by atoms with Crippen LogP contribution in [0.2, 0.25) is 0 Å². The number of benzene rings is 10. The third-order valence-corrected chi connectivity index (χ3v) is 13.1. The molecule has 1 fully saturated rings. The Morgan fingerprint density at radius 1 is 0.412 bits per heavy atom. The van der Waals surface area contributed by atoms with Gasteiger partial charge in [-0.3, -0.25) is 9.98 Å². The van der Waals surface area contributed by atoms with Crippen LogP contribution < -0.4 is 22.6 Å². The zero-order valence-electron chi connectivity index (χ0n) is 36.9. The number of fused-ring (bicyclic) bond motifs is 4. The van der Waals surface area contributed by atoms with Crippen LogP contribution in [0.3, 0.4) is 0 Å². The quantitative estimate of drug-likeness (QED) is 0.0858. The van der Waals surface area contributed by atoms with E-state index in [9.17, 15) is 0 Å². The fourth-order valence-corrected chi connectivity index (χ4v) is 9.98. The van der Waals surface area contributed by atoms with E-state index in [0.29, 0.717) is 22.3 Å². The van der Waals surface area contributed by atoms with Gasteiger partial charge in [0, 0.05) is 12.4 Å². The Morgan fingerprint density at radius 3 is 1.12 bits per heavy atom. The minimum absolute atomic E-state index is 0. The Kier molecular flexibility index (Phi) is 14.7. The molecular formula is C60H44ClN3O3Ru. The molecule has 8 heteroatoms. The first-order valence-corrected chi connectivity index (χ1v) is 22.5. The fourth-order valence-electron chi connectivity index (χ4n) is 9.98. The molecule has 2 atom stereocenters. The Balaban J connectivity index is 0.00000154. The van der Waals surface area contributed by atoms with E-state index in [1.807, 2.05) is 97.1 Å². The van der Waals surface area contributed by atoms with E-state index in [4.69, 9.17) is 20.2 Å². The maximum Gasteiger partial charge on any atom is 2.00 e. The third-order valence-electron chi connectivity index (χ3n) is 13.1. The van der Waals surface area contributed by atoms with Crippen LogP contribution in [-0.4, -0.2) is 24.5 Å². The van der Waals surface area contributed by atoms with Gasteiger partial charge in [0.05, 0.1) is 12.1 Å². The maximum atomic E-state index is 15.0. The van der Waals surface area contributed by atoms with Crippen molar-refractivity contribution in [1.82, 2.24) is 0 Å². The monoisotopic (exact) mass is 991 g/mol. The van der Waals surface area contributed by atoms with Crippen molar-refractivity contribution in [2.75, 3.05) is 0 Å². The van der Waals surface area contributed by atoms with Gasteiger partial charge in [-0.25, -0.2) is 0 Å². The van der Waals surface area contributed by atoms with E-state index in [-0.39, 0.29) is 55.5 Å². The largest absolute Gasteiger partial charge is 2.00 e. The average molecular weight is 992 g/mol. The van der Waals surface area contributed by atoms with E-state index >= 15 is 10.2 Å². The average Bonchev–Trinajstić information content (AvgIpc) is 3.38. The van der Waals surface area contributed by atoms with Crippen LogP contribution in [0.25, 0.3) is 87.6 Å². The SMILES string of the molecule is N#[O+].[Cl-].[O-]c1c(C=N[C@H]2CCCC[C@@H]2N=Cc2cc3ccccc3c(-c3c(-c4ccccc4)ccc4ccccc34)c2[O-])cc2ccccc2c1-c1c(-c2ccccc2)ccc2ccccc12.[Ru+2]. The number of halogens is 1. The molecule has 10 aromatic rings. The Bertz CT molecular complexity index is 3270. The summed E-state index contributed by atoms with van der Waals surface area (Å²) < 4.78 is 7.25. The van der Waals surface area contributed by atoms with Crippen LogP contribution in [-0.2, 0) is 24.3 Å². The molecule has 10 aromatic carbocycles. The van der Waals surface area contributed by atoms with E-state index in [1.165, 1.54) is 0 Å². The van der Waals surface area contributed by atoms with E-state index in [2.05, 4.69) is 97.1 Å². The molecule has 0 bridgehead atoms. The molecule has 0 aliphatic heterocycles. The van der Waals surface area contributed by atoms with Crippen LogP contribution in [0, 0.1) is 5.46 Å². The zero-order chi connectivity index (χ0) is 45.0. The Morgan fingerprint density at radius 2 is 0.735 bits per heavy atom. The van der Waals surface area contributed by atoms with Gasteiger partial charge in [0.25, 0.3) is 0 Å². The number of nitrogens with zero attached hydrogens (tertiary/aromatic N) is 3. The van der Waals surface area contributed by atoms with Crippen molar-refractivity contribution in [3.63, 3.8) is 0 Å². The summed E-state index contributed by atoms with van der Waals surface area (Å²) >= 11 is 0. The molecule has 332 valence electrons. The van der Waals surface area contributed by atoms with Gasteiger partial charge in [-0.2, -0.15) is 0 Å². The minimum atomic E-state index is -0.144. The second-order valence-electron chi connectivity index (χ2n) is 16.9. The van der Waals surface area contributed by atoms with Gasteiger partial charge in [-0.05, 0) is 124 Å². The number of hydrogen-bond acceptors (Lipinski definition) is 5. The van der Waals surface area contributed by atoms with Crippen molar-refractivity contribution in [3.8, 4) is 56.0 Å². The molecule has 0 radical (unpaired) electrons. The van der Waals surface area contributed by atoms with Gasteiger partial charge in [-0.1, -0.05) is 206 Å². The summed E-state index contributed by atoms with van der Waals surface area (Å²) in [4.78, 5) is 10.4. The van der Waals surface area contributed by atoms with Gasteiger partial charge in [-0.15, -0.1) is 0 Å². The van der Waals surface area contributed by atoms with Gasteiger partial charge >= 0.3 is 29.7 Å². The molecule has 0 unspecified atom stereocenters. The summed E-state index contributed by atoms with van der Waals surface area (Å²) in [7, 11) is 0. The first-order chi connectivity index (χ1) is 32.6. The number of rotatable bonds is 8. The second kappa shape index (κ2) is 21.2. The molecule has 1 aliphatic carbocycles. The van der Waals surface area contributed by atoms with Crippen molar-refractivity contribution in [3.05, 3.63) is 205 Å². The molecule has 1 aliphatic rings. The predicted octanol–water partition coefficient (Wildman–Crippen LogP) is 10.9. The third kappa shape index (κ3) is 8.98. The molecule has 1 saturated carbocycles. The molecule has 0 amide bonds. The standard InChI is InChI=1S/C60H46N2O2.ClH.NO.Ru/c63-59-45(35-43-23-9-13-27-49(43)57(59)55-47-25-11-7-21-41(47)31-33-51(55)39-17-3-1-4-18-39)37-61-53-29-15-16-30-54(53)62-38-46-36-44-24-10-14-28-50(44)58(60(46)64)56-48-26-12-8-22-42(48)32-34-52(56)40-19-5-2-6-20-40;;1-2;/h1-14,17-28,31-38,53-54,63-64H,15-16,29-30H2;1H;;/q;;+1;+2/p-3/t53-,54-;;;/m0.../s1. The summed E-state index contributed by atoms with van der Waals surface area (Å²) in [5.74, 6) is -0.0929. The van der Waals surface area contributed by atoms with Crippen LogP contribution in [0.5, 0.6) is 11.5 Å². The smallest absolute Gasteiger partial charge is 1.00 e. The van der Waals surface area contributed by atoms with E-state index in [0.717, 1.165) is 102 Å².